The molecule has 0 saturated heterocycles. The van der Waals surface area contributed by atoms with Crippen LogP contribution >= 0.6 is 11.3 Å². The van der Waals surface area contributed by atoms with Gasteiger partial charge in [0.25, 0.3) is 0 Å². The van der Waals surface area contributed by atoms with E-state index >= 15 is 0 Å². The molecule has 2 rings (SSSR count). The molecule has 0 bridgehead atoms. The first-order valence-electron chi connectivity index (χ1n) is 6.13. The van der Waals surface area contributed by atoms with Crippen molar-refractivity contribution >= 4 is 23.0 Å². The number of carboxylic acid groups (broad SMARTS) is 1. The Labute approximate surface area is 123 Å². The molecule has 0 aliphatic rings. The second kappa shape index (κ2) is 6.09. The van der Waals surface area contributed by atoms with Gasteiger partial charge in [0.15, 0.2) is 0 Å². The highest BCUT2D eigenvalue weighted by molar-refractivity contribution is 7.18. The van der Waals surface area contributed by atoms with Gasteiger partial charge < -0.3 is 15.6 Å². The highest BCUT2D eigenvalue weighted by atomic mass is 32.1. The lowest BCUT2D eigenvalue weighted by Gasteiger charge is -2.07. The van der Waals surface area contributed by atoms with Crippen molar-refractivity contribution in [3.8, 4) is 16.2 Å². The average molecular weight is 313 g/mol. The zero-order valence-electron chi connectivity index (χ0n) is 11.1. The van der Waals surface area contributed by atoms with Gasteiger partial charge in [0.05, 0.1) is 5.69 Å². The molecule has 112 valence electrons. The predicted molar refractivity (Wildman–Crippen MR) is 77.1 cm³/mol. The molecule has 0 spiro atoms. The number of hydrogen-bond acceptors (Lipinski definition) is 4. The molecule has 3 N–H and O–H groups in total. The first kappa shape index (κ1) is 15.2. The van der Waals surface area contributed by atoms with Crippen LogP contribution < -0.4 is 10.5 Å². The van der Waals surface area contributed by atoms with Gasteiger partial charge in [-0.15, -0.1) is 11.3 Å². The Kier molecular flexibility index (Phi) is 4.42. The summed E-state index contributed by atoms with van der Waals surface area (Å²) in [7, 11) is 0. The Bertz CT molecular complexity index is 670. The van der Waals surface area contributed by atoms with Crippen LogP contribution in [0.25, 0.3) is 10.4 Å². The van der Waals surface area contributed by atoms with Gasteiger partial charge in [-0.25, -0.2) is 4.79 Å². The Morgan fingerprint density at radius 2 is 2.19 bits per heavy atom. The molecule has 2 aromatic rings. The number of nitrogens with two attached hydrogens (primary N) is 1. The van der Waals surface area contributed by atoms with Gasteiger partial charge in [-0.1, -0.05) is 19.1 Å². The number of thiophene rings is 1. The van der Waals surface area contributed by atoms with E-state index in [4.69, 9.17) is 10.8 Å². The third kappa shape index (κ3) is 3.13. The summed E-state index contributed by atoms with van der Waals surface area (Å²) in [6.07, 6.45) is 0.547. The number of benzene rings is 1. The van der Waals surface area contributed by atoms with E-state index in [9.17, 15) is 13.6 Å². The number of anilines is 1. The molecule has 0 unspecified atom stereocenters. The minimum absolute atomic E-state index is 0.0217. The molecule has 0 atom stereocenters. The number of nitrogen functional groups attached to an aromatic ring is 1. The molecule has 0 radical (unpaired) electrons. The SMILES string of the molecule is CCc1c(-c2cccc(OC(F)F)c2)sc(C(=O)O)c1N. The van der Waals surface area contributed by atoms with Crippen LogP contribution in [-0.2, 0) is 6.42 Å². The Morgan fingerprint density at radius 1 is 1.48 bits per heavy atom. The number of alkyl halides is 2. The van der Waals surface area contributed by atoms with Gasteiger partial charge in [-0.2, -0.15) is 8.78 Å². The summed E-state index contributed by atoms with van der Waals surface area (Å²) in [5.41, 5.74) is 7.38. The van der Waals surface area contributed by atoms with Crippen molar-refractivity contribution in [2.45, 2.75) is 20.0 Å². The maximum Gasteiger partial charge on any atom is 0.387 e. The second-order valence-electron chi connectivity index (χ2n) is 4.22. The fourth-order valence-corrected chi connectivity index (χ4v) is 3.18. The van der Waals surface area contributed by atoms with Crippen molar-refractivity contribution in [1.82, 2.24) is 0 Å². The van der Waals surface area contributed by atoms with Crippen LogP contribution in [0.3, 0.4) is 0 Å². The maximum atomic E-state index is 12.3. The van der Waals surface area contributed by atoms with E-state index in [1.54, 1.807) is 12.1 Å². The standard InChI is InChI=1S/C14H13F2NO3S/c1-2-9-10(17)12(13(18)19)21-11(9)7-4-3-5-8(6-7)20-14(15)16/h3-6,14H,2,17H2,1H3,(H,18,19). The monoisotopic (exact) mass is 313 g/mol. The maximum absolute atomic E-state index is 12.3. The van der Waals surface area contributed by atoms with Crippen LogP contribution in [0.5, 0.6) is 5.75 Å². The minimum atomic E-state index is -2.91. The van der Waals surface area contributed by atoms with Gasteiger partial charge in [-0.3, -0.25) is 0 Å². The quantitative estimate of drug-likeness (QED) is 0.879. The molecule has 1 aromatic heterocycles. The van der Waals surface area contributed by atoms with Crippen LogP contribution in [-0.4, -0.2) is 17.7 Å². The number of carboxylic acids is 1. The van der Waals surface area contributed by atoms with Gasteiger partial charge >= 0.3 is 12.6 Å². The molecule has 0 amide bonds. The largest absolute Gasteiger partial charge is 0.477 e. The average Bonchev–Trinajstić information content (AvgIpc) is 2.75. The number of ether oxygens (including phenoxy) is 1. The van der Waals surface area contributed by atoms with Crippen molar-refractivity contribution in [2.24, 2.45) is 0 Å². The summed E-state index contributed by atoms with van der Waals surface area (Å²) in [5, 5.41) is 9.13. The molecule has 0 saturated carbocycles. The molecular formula is C14H13F2NO3S. The summed E-state index contributed by atoms with van der Waals surface area (Å²) >= 11 is 1.03. The van der Waals surface area contributed by atoms with Crippen molar-refractivity contribution in [3.05, 3.63) is 34.7 Å². The van der Waals surface area contributed by atoms with Crippen molar-refractivity contribution in [3.63, 3.8) is 0 Å². The summed E-state index contributed by atoms with van der Waals surface area (Å²) in [5.74, 6) is -1.08. The Hall–Kier alpha value is -2.15. The van der Waals surface area contributed by atoms with Gasteiger partial charge in [0.1, 0.15) is 10.6 Å². The summed E-state index contributed by atoms with van der Waals surface area (Å²) in [6, 6.07) is 6.13. The van der Waals surface area contributed by atoms with Gasteiger partial charge in [0, 0.05) is 4.88 Å². The first-order chi connectivity index (χ1) is 9.93. The van der Waals surface area contributed by atoms with Crippen molar-refractivity contribution in [1.29, 1.82) is 0 Å². The van der Waals surface area contributed by atoms with E-state index in [0.717, 1.165) is 11.3 Å². The molecule has 0 aliphatic heterocycles. The van der Waals surface area contributed by atoms with E-state index in [2.05, 4.69) is 4.74 Å². The topological polar surface area (TPSA) is 72.5 Å². The van der Waals surface area contributed by atoms with Crippen LogP contribution in [0, 0.1) is 0 Å². The van der Waals surface area contributed by atoms with Crippen LogP contribution in [0.15, 0.2) is 24.3 Å². The second-order valence-corrected chi connectivity index (χ2v) is 5.24. The fraction of sp³-hybridized carbons (Fsp3) is 0.214. The molecule has 1 heterocycles. The van der Waals surface area contributed by atoms with E-state index in [0.29, 0.717) is 22.4 Å². The van der Waals surface area contributed by atoms with Crippen molar-refractivity contribution in [2.75, 3.05) is 5.73 Å². The zero-order chi connectivity index (χ0) is 15.6. The van der Waals surface area contributed by atoms with E-state index in [-0.39, 0.29) is 16.3 Å². The number of aromatic carboxylic acids is 1. The fourth-order valence-electron chi connectivity index (χ4n) is 2.03. The predicted octanol–water partition coefficient (Wildman–Crippen LogP) is 3.86. The number of rotatable bonds is 5. The summed E-state index contributed by atoms with van der Waals surface area (Å²) < 4.78 is 28.9. The summed E-state index contributed by atoms with van der Waals surface area (Å²) in [6.45, 7) is -1.05. The Morgan fingerprint density at radius 3 is 2.76 bits per heavy atom. The van der Waals surface area contributed by atoms with E-state index in [1.165, 1.54) is 12.1 Å². The van der Waals surface area contributed by atoms with Gasteiger partial charge in [-0.05, 0) is 29.7 Å². The highest BCUT2D eigenvalue weighted by Crippen LogP contribution is 2.40. The first-order valence-corrected chi connectivity index (χ1v) is 6.95. The molecular weight excluding hydrogens is 300 g/mol. The highest BCUT2D eigenvalue weighted by Gasteiger charge is 2.20. The zero-order valence-corrected chi connectivity index (χ0v) is 11.9. The number of hydrogen-bond donors (Lipinski definition) is 2. The van der Waals surface area contributed by atoms with Crippen molar-refractivity contribution < 1.29 is 23.4 Å². The normalized spacial score (nSPS) is 10.9. The molecule has 0 aliphatic carbocycles. The molecule has 7 heteroatoms. The lowest BCUT2D eigenvalue weighted by molar-refractivity contribution is -0.0498. The van der Waals surface area contributed by atoms with Crippen LogP contribution in [0.1, 0.15) is 22.2 Å². The third-order valence-electron chi connectivity index (χ3n) is 2.92. The number of carbonyl (C=O) groups is 1. The van der Waals surface area contributed by atoms with E-state index < -0.39 is 12.6 Å². The lowest BCUT2D eigenvalue weighted by Crippen LogP contribution is -2.01. The molecule has 21 heavy (non-hydrogen) atoms. The minimum Gasteiger partial charge on any atom is -0.477 e. The number of halogens is 2. The Balaban J connectivity index is 2.51. The third-order valence-corrected chi connectivity index (χ3v) is 4.20. The summed E-state index contributed by atoms with van der Waals surface area (Å²) in [4.78, 5) is 11.9. The van der Waals surface area contributed by atoms with Crippen LogP contribution in [0.4, 0.5) is 14.5 Å². The van der Waals surface area contributed by atoms with E-state index in [1.807, 2.05) is 6.92 Å². The molecule has 4 nitrogen and oxygen atoms in total. The lowest BCUT2D eigenvalue weighted by atomic mass is 10.1. The van der Waals surface area contributed by atoms with Crippen LogP contribution in [0.2, 0.25) is 0 Å². The molecule has 1 aromatic carbocycles. The molecule has 0 fully saturated rings. The van der Waals surface area contributed by atoms with Gasteiger partial charge in [0.2, 0.25) is 0 Å². The smallest absolute Gasteiger partial charge is 0.387 e.